The van der Waals surface area contributed by atoms with Crippen LogP contribution < -0.4 is 0 Å². The van der Waals surface area contributed by atoms with Gasteiger partial charge in [-0.15, -0.1) is 0 Å². The monoisotopic (exact) mass is 304 g/mol. The van der Waals surface area contributed by atoms with Crippen LogP contribution in [0.15, 0.2) is 46.9 Å². The third kappa shape index (κ3) is 2.30. The quantitative estimate of drug-likeness (QED) is 0.693. The van der Waals surface area contributed by atoms with Crippen LogP contribution in [0, 0.1) is 11.3 Å². The molecule has 0 amide bonds. The van der Waals surface area contributed by atoms with Crippen LogP contribution in [0.1, 0.15) is 33.3 Å². The van der Waals surface area contributed by atoms with Gasteiger partial charge in [-0.2, -0.15) is 5.26 Å². The number of hydrogen-bond acceptors (Lipinski definition) is 5. The molecule has 0 spiro atoms. The number of ketones is 1. The molecule has 0 bridgehead atoms. The first-order valence-electron chi connectivity index (χ1n) is 7.25. The zero-order valence-corrected chi connectivity index (χ0v) is 12.2. The van der Waals surface area contributed by atoms with E-state index in [1.807, 2.05) is 24.3 Å². The summed E-state index contributed by atoms with van der Waals surface area (Å²) in [4.78, 5) is 17.0. The van der Waals surface area contributed by atoms with E-state index in [0.717, 1.165) is 11.1 Å². The summed E-state index contributed by atoms with van der Waals surface area (Å²) >= 11 is 0. The third-order valence-corrected chi connectivity index (χ3v) is 3.95. The highest BCUT2D eigenvalue weighted by atomic mass is 16.5. The molecule has 0 saturated heterocycles. The number of benzene rings is 2. The second kappa shape index (κ2) is 5.34. The molecule has 1 aromatic heterocycles. The van der Waals surface area contributed by atoms with E-state index in [2.05, 4.69) is 4.98 Å². The number of rotatable bonds is 3. The molecule has 2 heterocycles. The van der Waals surface area contributed by atoms with Gasteiger partial charge in [0.25, 0.3) is 0 Å². The second-order valence-corrected chi connectivity index (χ2v) is 5.42. The topological polar surface area (TPSA) is 76.1 Å². The smallest absolute Gasteiger partial charge is 0.220 e. The molecular weight excluding hydrogens is 292 g/mol. The van der Waals surface area contributed by atoms with Gasteiger partial charge in [0.15, 0.2) is 17.3 Å². The molecule has 4 rings (SSSR count). The number of aromatic nitrogens is 1. The average Bonchev–Trinajstić information content (AvgIpc) is 3.21. The van der Waals surface area contributed by atoms with E-state index in [1.54, 1.807) is 24.3 Å². The summed E-state index contributed by atoms with van der Waals surface area (Å²) in [7, 11) is 0. The predicted octanol–water partition coefficient (Wildman–Crippen LogP) is 3.35. The van der Waals surface area contributed by atoms with E-state index >= 15 is 0 Å². The SMILES string of the molecule is N#CC(C(=O)c1ccc2c(c1)COC2)c1nc2ccccc2o1. The van der Waals surface area contributed by atoms with E-state index in [4.69, 9.17) is 9.15 Å². The minimum Gasteiger partial charge on any atom is -0.439 e. The molecule has 1 atom stereocenters. The van der Waals surface area contributed by atoms with Crippen molar-refractivity contribution in [1.82, 2.24) is 4.98 Å². The third-order valence-electron chi connectivity index (χ3n) is 3.95. The lowest BCUT2D eigenvalue weighted by Crippen LogP contribution is -2.12. The van der Waals surface area contributed by atoms with Gasteiger partial charge in [-0.05, 0) is 29.3 Å². The number of ether oxygens (including phenoxy) is 1. The summed E-state index contributed by atoms with van der Waals surface area (Å²) in [5.41, 5.74) is 3.75. The largest absolute Gasteiger partial charge is 0.439 e. The first kappa shape index (κ1) is 13.7. The second-order valence-electron chi connectivity index (χ2n) is 5.42. The van der Waals surface area contributed by atoms with Crippen LogP contribution in [-0.2, 0) is 18.0 Å². The van der Waals surface area contributed by atoms with Crippen LogP contribution in [-0.4, -0.2) is 10.8 Å². The number of oxazole rings is 1. The van der Waals surface area contributed by atoms with Gasteiger partial charge in [-0.25, -0.2) is 4.98 Å². The fourth-order valence-electron chi connectivity index (χ4n) is 2.73. The Bertz CT molecular complexity index is 919. The fourth-order valence-corrected chi connectivity index (χ4v) is 2.73. The highest BCUT2D eigenvalue weighted by Gasteiger charge is 2.28. The van der Waals surface area contributed by atoms with E-state index in [1.165, 1.54) is 0 Å². The summed E-state index contributed by atoms with van der Waals surface area (Å²) < 4.78 is 10.9. The van der Waals surface area contributed by atoms with Crippen LogP contribution in [0.2, 0.25) is 0 Å². The maximum absolute atomic E-state index is 12.7. The summed E-state index contributed by atoms with van der Waals surface area (Å²) in [5.74, 6) is -1.23. The van der Waals surface area contributed by atoms with Gasteiger partial charge in [0.05, 0.1) is 19.3 Å². The zero-order chi connectivity index (χ0) is 15.8. The number of nitrogens with zero attached hydrogens (tertiary/aromatic N) is 2. The fraction of sp³-hybridized carbons (Fsp3) is 0.167. The Balaban J connectivity index is 1.71. The van der Waals surface area contributed by atoms with Crippen molar-refractivity contribution in [1.29, 1.82) is 5.26 Å². The van der Waals surface area contributed by atoms with Crippen LogP contribution in [0.5, 0.6) is 0 Å². The molecule has 1 unspecified atom stereocenters. The molecule has 0 radical (unpaired) electrons. The molecule has 0 saturated carbocycles. The van der Waals surface area contributed by atoms with Crippen molar-refractivity contribution in [2.75, 3.05) is 0 Å². The Morgan fingerprint density at radius 1 is 1.17 bits per heavy atom. The first-order chi connectivity index (χ1) is 11.3. The molecule has 0 fully saturated rings. The Morgan fingerprint density at radius 3 is 2.83 bits per heavy atom. The van der Waals surface area contributed by atoms with E-state index < -0.39 is 5.92 Å². The van der Waals surface area contributed by atoms with Crippen LogP contribution >= 0.6 is 0 Å². The number of hydrogen-bond donors (Lipinski definition) is 0. The lowest BCUT2D eigenvalue weighted by atomic mass is 9.96. The van der Waals surface area contributed by atoms with E-state index in [-0.39, 0.29) is 11.7 Å². The van der Waals surface area contributed by atoms with Crippen molar-refractivity contribution in [3.05, 3.63) is 65.0 Å². The Kier molecular flexibility index (Phi) is 3.18. The van der Waals surface area contributed by atoms with Crippen molar-refractivity contribution in [2.45, 2.75) is 19.1 Å². The highest BCUT2D eigenvalue weighted by molar-refractivity contribution is 6.02. The highest BCUT2D eigenvalue weighted by Crippen LogP contribution is 2.27. The lowest BCUT2D eigenvalue weighted by Gasteiger charge is -2.06. The molecule has 3 aromatic rings. The van der Waals surface area contributed by atoms with Crippen molar-refractivity contribution < 1.29 is 13.9 Å². The summed E-state index contributed by atoms with van der Waals surface area (Å²) in [5, 5.41) is 9.43. The molecule has 0 N–H and O–H groups in total. The van der Waals surface area contributed by atoms with Gasteiger partial charge in [0.2, 0.25) is 5.89 Å². The normalized spacial score (nSPS) is 14.4. The van der Waals surface area contributed by atoms with Gasteiger partial charge in [0, 0.05) is 5.56 Å². The van der Waals surface area contributed by atoms with Crippen molar-refractivity contribution in [3.63, 3.8) is 0 Å². The van der Waals surface area contributed by atoms with Crippen molar-refractivity contribution in [3.8, 4) is 6.07 Å². The zero-order valence-electron chi connectivity index (χ0n) is 12.2. The number of fused-ring (bicyclic) bond motifs is 2. The minimum atomic E-state index is -1.05. The van der Waals surface area contributed by atoms with Gasteiger partial charge >= 0.3 is 0 Å². The van der Waals surface area contributed by atoms with Crippen molar-refractivity contribution in [2.24, 2.45) is 0 Å². The van der Waals surface area contributed by atoms with Crippen LogP contribution in [0.4, 0.5) is 0 Å². The summed E-state index contributed by atoms with van der Waals surface area (Å²) in [6.45, 7) is 1.06. The lowest BCUT2D eigenvalue weighted by molar-refractivity contribution is 0.0970. The standard InChI is InChI=1S/C18H12N2O3/c19-8-14(18-20-15-3-1-2-4-16(15)23-18)17(21)11-5-6-12-9-22-10-13(12)7-11/h1-7,14H,9-10H2. The molecule has 5 nitrogen and oxygen atoms in total. The van der Waals surface area contributed by atoms with Gasteiger partial charge in [-0.3, -0.25) is 4.79 Å². The molecule has 0 aliphatic carbocycles. The van der Waals surface area contributed by atoms with Gasteiger partial charge < -0.3 is 9.15 Å². The number of Topliss-reactive ketones (excluding diaryl/α,β-unsaturated/α-hetero) is 1. The Hall–Kier alpha value is -2.97. The Labute approximate surface area is 132 Å². The molecule has 112 valence electrons. The van der Waals surface area contributed by atoms with Crippen molar-refractivity contribution >= 4 is 16.9 Å². The molecule has 1 aliphatic rings. The number of carbonyl (C=O) groups is 1. The minimum absolute atomic E-state index is 0.135. The van der Waals surface area contributed by atoms with E-state index in [0.29, 0.717) is 29.9 Å². The summed E-state index contributed by atoms with van der Waals surface area (Å²) in [6, 6.07) is 14.6. The number of carbonyl (C=O) groups excluding carboxylic acids is 1. The van der Waals surface area contributed by atoms with Crippen LogP contribution in [0.3, 0.4) is 0 Å². The number of para-hydroxylation sites is 2. The van der Waals surface area contributed by atoms with Gasteiger partial charge in [0.1, 0.15) is 5.52 Å². The van der Waals surface area contributed by atoms with Gasteiger partial charge in [-0.1, -0.05) is 24.3 Å². The average molecular weight is 304 g/mol. The number of nitriles is 1. The summed E-state index contributed by atoms with van der Waals surface area (Å²) in [6.07, 6.45) is 0. The van der Waals surface area contributed by atoms with Crippen LogP contribution in [0.25, 0.3) is 11.1 Å². The maximum Gasteiger partial charge on any atom is 0.220 e. The maximum atomic E-state index is 12.7. The van der Waals surface area contributed by atoms with E-state index in [9.17, 15) is 10.1 Å². The first-order valence-corrected chi connectivity index (χ1v) is 7.25. The molecule has 23 heavy (non-hydrogen) atoms. The Morgan fingerprint density at radius 2 is 2.00 bits per heavy atom. The molecular formula is C18H12N2O3. The predicted molar refractivity (Wildman–Crippen MR) is 81.6 cm³/mol. The molecule has 5 heteroatoms. The molecule has 2 aromatic carbocycles. The molecule has 1 aliphatic heterocycles.